The summed E-state index contributed by atoms with van der Waals surface area (Å²) in [4.78, 5) is 6.94. The van der Waals surface area contributed by atoms with E-state index in [2.05, 4.69) is 50.1 Å². The smallest absolute Gasteiger partial charge is 0.188 e. The largest absolute Gasteiger partial charge is 0.370 e. The van der Waals surface area contributed by atoms with E-state index < -0.39 is 0 Å². The van der Waals surface area contributed by atoms with E-state index in [9.17, 15) is 0 Å². The number of nitrogens with two attached hydrogens (primary N) is 1. The van der Waals surface area contributed by atoms with Crippen molar-refractivity contribution < 1.29 is 0 Å². The van der Waals surface area contributed by atoms with Gasteiger partial charge in [0.15, 0.2) is 5.96 Å². The van der Waals surface area contributed by atoms with Gasteiger partial charge in [0.25, 0.3) is 0 Å². The fourth-order valence-electron chi connectivity index (χ4n) is 2.92. The summed E-state index contributed by atoms with van der Waals surface area (Å²) in [5.41, 5.74) is 6.15. The quantitative estimate of drug-likeness (QED) is 0.427. The maximum absolute atomic E-state index is 5.95. The van der Waals surface area contributed by atoms with E-state index >= 15 is 0 Å². The van der Waals surface area contributed by atoms with Crippen molar-refractivity contribution in [3.63, 3.8) is 0 Å². The minimum atomic E-state index is 0. The number of aliphatic imine (C=N–C) groups is 1. The molecule has 20 heavy (non-hydrogen) atoms. The Morgan fingerprint density at radius 3 is 2.60 bits per heavy atom. The van der Waals surface area contributed by atoms with Crippen LogP contribution in [0.15, 0.2) is 4.99 Å². The van der Waals surface area contributed by atoms with E-state index in [-0.39, 0.29) is 29.5 Å². The van der Waals surface area contributed by atoms with Crippen molar-refractivity contribution in [2.24, 2.45) is 22.6 Å². The van der Waals surface area contributed by atoms with Gasteiger partial charge in [0.1, 0.15) is 0 Å². The van der Waals surface area contributed by atoms with Crippen LogP contribution in [0.3, 0.4) is 0 Å². The number of hydrogen-bond acceptors (Lipinski definition) is 2. The summed E-state index contributed by atoms with van der Waals surface area (Å²) in [5, 5.41) is 3.20. The summed E-state index contributed by atoms with van der Waals surface area (Å²) in [6.45, 7) is 8.39. The third kappa shape index (κ3) is 6.16. The molecule has 2 unspecified atom stereocenters. The van der Waals surface area contributed by atoms with Crippen molar-refractivity contribution in [1.29, 1.82) is 0 Å². The summed E-state index contributed by atoms with van der Waals surface area (Å²) in [5.74, 6) is 1.97. The molecule has 0 aromatic carbocycles. The number of halogens is 1. The Labute approximate surface area is 142 Å². The molecule has 1 saturated carbocycles. The molecule has 120 valence electrons. The number of likely N-dealkylation sites (N-methyl/N-ethyl adjacent to an activating group) is 1. The first-order chi connectivity index (χ1) is 8.85. The molecule has 0 aliphatic heterocycles. The molecule has 0 amide bonds. The summed E-state index contributed by atoms with van der Waals surface area (Å²) in [6.07, 6.45) is 5.10. The van der Waals surface area contributed by atoms with Crippen molar-refractivity contribution in [2.45, 2.75) is 52.0 Å². The minimum absolute atomic E-state index is 0. The van der Waals surface area contributed by atoms with Crippen LogP contribution < -0.4 is 11.1 Å². The maximum atomic E-state index is 5.95. The van der Waals surface area contributed by atoms with E-state index in [4.69, 9.17) is 5.73 Å². The lowest BCUT2D eigenvalue weighted by Crippen LogP contribution is -2.50. The van der Waals surface area contributed by atoms with Crippen LogP contribution in [0, 0.1) is 11.8 Å². The molecule has 2 atom stereocenters. The van der Waals surface area contributed by atoms with Crippen molar-refractivity contribution in [1.82, 2.24) is 10.2 Å². The first-order valence-electron chi connectivity index (χ1n) is 7.57. The summed E-state index contributed by atoms with van der Waals surface area (Å²) >= 11 is 0. The highest BCUT2D eigenvalue weighted by Gasteiger charge is 2.36. The maximum Gasteiger partial charge on any atom is 0.188 e. The van der Waals surface area contributed by atoms with Crippen LogP contribution in [0.2, 0.25) is 0 Å². The lowest BCUT2D eigenvalue weighted by molar-refractivity contribution is 0.0845. The molecule has 0 radical (unpaired) electrons. The Balaban J connectivity index is 0.00000361. The standard InChI is InChI=1S/C15H32N4.HI/c1-12(2)10-17-14(16)18-11-15(19(4)5)8-6-7-13(3)9-15;/h12-13H,6-11H2,1-5H3,(H3,16,17,18);1H. The highest BCUT2D eigenvalue weighted by molar-refractivity contribution is 14.0. The van der Waals surface area contributed by atoms with Crippen molar-refractivity contribution in [3.05, 3.63) is 0 Å². The molecule has 0 heterocycles. The number of nitrogens with one attached hydrogen (secondary N) is 1. The van der Waals surface area contributed by atoms with Gasteiger partial charge in [-0.2, -0.15) is 0 Å². The number of rotatable bonds is 5. The van der Waals surface area contributed by atoms with Crippen LogP contribution in [0.25, 0.3) is 0 Å². The Morgan fingerprint density at radius 1 is 1.45 bits per heavy atom. The molecule has 0 aromatic rings. The Kier molecular flexibility index (Phi) is 9.06. The molecule has 1 aliphatic rings. The molecule has 1 rings (SSSR count). The fraction of sp³-hybridized carbons (Fsp3) is 0.933. The molecule has 1 aliphatic carbocycles. The molecule has 3 N–H and O–H groups in total. The van der Waals surface area contributed by atoms with Gasteiger partial charge in [0.2, 0.25) is 0 Å². The first kappa shape index (κ1) is 20.0. The van der Waals surface area contributed by atoms with E-state index in [1.165, 1.54) is 25.7 Å². The van der Waals surface area contributed by atoms with Crippen LogP contribution in [0.1, 0.15) is 46.5 Å². The van der Waals surface area contributed by atoms with Crippen LogP contribution in [0.4, 0.5) is 0 Å². The van der Waals surface area contributed by atoms with Gasteiger partial charge in [-0.05, 0) is 38.8 Å². The second kappa shape index (κ2) is 9.07. The van der Waals surface area contributed by atoms with E-state index in [1.807, 2.05) is 0 Å². The highest BCUT2D eigenvalue weighted by Crippen LogP contribution is 2.35. The zero-order valence-electron chi connectivity index (χ0n) is 13.8. The molecule has 1 fully saturated rings. The lowest BCUT2D eigenvalue weighted by atomic mass is 9.75. The summed E-state index contributed by atoms with van der Waals surface area (Å²) in [6, 6.07) is 0. The fourth-order valence-corrected chi connectivity index (χ4v) is 2.92. The molecule has 0 bridgehead atoms. The second-order valence-corrected chi connectivity index (χ2v) is 6.80. The first-order valence-corrected chi connectivity index (χ1v) is 7.57. The molecule has 0 spiro atoms. The predicted octanol–water partition coefficient (Wildman–Crippen LogP) is 2.68. The number of nitrogens with zero attached hydrogens (tertiary/aromatic N) is 2. The highest BCUT2D eigenvalue weighted by atomic mass is 127. The van der Waals surface area contributed by atoms with Crippen LogP contribution in [-0.4, -0.2) is 43.6 Å². The molecule has 5 heteroatoms. The molecule has 4 nitrogen and oxygen atoms in total. The summed E-state index contributed by atoms with van der Waals surface area (Å²) in [7, 11) is 4.34. The lowest BCUT2D eigenvalue weighted by Gasteiger charge is -2.44. The minimum Gasteiger partial charge on any atom is -0.370 e. The van der Waals surface area contributed by atoms with Crippen molar-refractivity contribution >= 4 is 29.9 Å². The van der Waals surface area contributed by atoms with Gasteiger partial charge < -0.3 is 16.0 Å². The van der Waals surface area contributed by atoms with Crippen molar-refractivity contribution in [2.75, 3.05) is 27.2 Å². The van der Waals surface area contributed by atoms with Crippen LogP contribution >= 0.6 is 24.0 Å². The third-order valence-electron chi connectivity index (χ3n) is 4.25. The molecule has 0 aromatic heterocycles. The SMILES string of the molecule is CC(C)CNC(N)=NCC1(N(C)C)CCCC(C)C1.I. The number of hydrogen-bond donors (Lipinski definition) is 2. The number of guanidine groups is 1. The monoisotopic (exact) mass is 396 g/mol. The van der Waals surface area contributed by atoms with E-state index in [0.29, 0.717) is 11.9 Å². The molecule has 0 saturated heterocycles. The zero-order valence-corrected chi connectivity index (χ0v) is 16.1. The Hall–Kier alpha value is -0.0400. The third-order valence-corrected chi connectivity index (χ3v) is 4.25. The van der Waals surface area contributed by atoms with Gasteiger partial charge in [-0.3, -0.25) is 4.99 Å². The molecular weight excluding hydrogens is 363 g/mol. The topological polar surface area (TPSA) is 53.6 Å². The van der Waals surface area contributed by atoms with Gasteiger partial charge in [0, 0.05) is 12.1 Å². The van der Waals surface area contributed by atoms with Gasteiger partial charge in [0.05, 0.1) is 6.54 Å². The van der Waals surface area contributed by atoms with Gasteiger partial charge in [-0.1, -0.05) is 33.6 Å². The average Bonchev–Trinajstić information content (AvgIpc) is 2.33. The van der Waals surface area contributed by atoms with E-state index in [0.717, 1.165) is 19.0 Å². The average molecular weight is 396 g/mol. The van der Waals surface area contributed by atoms with Crippen LogP contribution in [-0.2, 0) is 0 Å². The van der Waals surface area contributed by atoms with Gasteiger partial charge >= 0.3 is 0 Å². The molecular formula is C15H33IN4. The second-order valence-electron chi connectivity index (χ2n) is 6.80. The van der Waals surface area contributed by atoms with Crippen LogP contribution in [0.5, 0.6) is 0 Å². The Bertz CT molecular complexity index is 304. The zero-order chi connectivity index (χ0) is 14.5. The van der Waals surface area contributed by atoms with Crippen molar-refractivity contribution in [3.8, 4) is 0 Å². The predicted molar refractivity (Wildman–Crippen MR) is 98.8 cm³/mol. The normalized spacial score (nSPS) is 27.6. The van der Waals surface area contributed by atoms with Gasteiger partial charge in [-0.15, -0.1) is 24.0 Å². The summed E-state index contributed by atoms with van der Waals surface area (Å²) < 4.78 is 0. The van der Waals surface area contributed by atoms with Gasteiger partial charge in [-0.25, -0.2) is 0 Å². The van der Waals surface area contributed by atoms with E-state index in [1.54, 1.807) is 0 Å². The Morgan fingerprint density at radius 2 is 2.10 bits per heavy atom.